The van der Waals surface area contributed by atoms with Crippen LogP contribution in [0.25, 0.3) is 0 Å². The number of hydrogen-bond donors (Lipinski definition) is 1. The Morgan fingerprint density at radius 2 is 1.95 bits per heavy atom. The lowest BCUT2D eigenvalue weighted by atomic mass is 9.49. The van der Waals surface area contributed by atoms with Gasteiger partial charge in [-0.1, -0.05) is 38.8 Å². The summed E-state index contributed by atoms with van der Waals surface area (Å²) in [4.78, 5) is 0. The van der Waals surface area contributed by atoms with E-state index in [0.29, 0.717) is 11.3 Å². The second-order valence-corrected chi connectivity index (χ2v) is 8.62. The molecule has 0 amide bonds. The van der Waals surface area contributed by atoms with Crippen molar-refractivity contribution in [3.05, 3.63) is 11.6 Å². The highest BCUT2D eigenvalue weighted by molar-refractivity contribution is 5.22. The molecule has 5 atom stereocenters. The molecule has 0 spiro atoms. The Kier molecular flexibility index (Phi) is 3.56. The summed E-state index contributed by atoms with van der Waals surface area (Å²) in [6, 6.07) is 0. The van der Waals surface area contributed by atoms with Gasteiger partial charge in [0.05, 0.1) is 5.60 Å². The Morgan fingerprint density at radius 3 is 2.65 bits per heavy atom. The average Bonchev–Trinajstić information content (AvgIpc) is 2.37. The van der Waals surface area contributed by atoms with E-state index in [0.717, 1.165) is 30.6 Å². The molecule has 20 heavy (non-hydrogen) atoms. The van der Waals surface area contributed by atoms with Crippen LogP contribution in [-0.2, 0) is 0 Å². The van der Waals surface area contributed by atoms with Crippen molar-refractivity contribution < 1.29 is 5.11 Å². The molecule has 2 fully saturated rings. The fourth-order valence-electron chi connectivity index (χ4n) is 5.76. The molecule has 5 unspecified atom stereocenters. The van der Waals surface area contributed by atoms with Crippen molar-refractivity contribution >= 4 is 0 Å². The number of aliphatic hydroxyl groups is 1. The minimum atomic E-state index is -0.441. The normalized spacial score (nSPS) is 48.5. The summed E-state index contributed by atoms with van der Waals surface area (Å²) in [7, 11) is 0. The van der Waals surface area contributed by atoms with E-state index in [4.69, 9.17) is 0 Å². The Bertz CT molecular complexity index is 406. The molecular weight excluding hydrogens is 244 g/mol. The molecule has 3 aliphatic carbocycles. The first kappa shape index (κ1) is 14.6. The minimum Gasteiger partial charge on any atom is -0.390 e. The molecule has 0 saturated heterocycles. The van der Waals surface area contributed by atoms with Crippen molar-refractivity contribution in [1.82, 2.24) is 0 Å². The van der Waals surface area contributed by atoms with Crippen LogP contribution in [0, 0.1) is 29.1 Å². The highest BCUT2D eigenvalue weighted by Gasteiger charge is 2.54. The highest BCUT2D eigenvalue weighted by Crippen LogP contribution is 2.60. The monoisotopic (exact) mass is 276 g/mol. The molecule has 0 heterocycles. The Labute approximate surface area is 124 Å². The van der Waals surface area contributed by atoms with E-state index in [1.807, 2.05) is 0 Å². The highest BCUT2D eigenvalue weighted by atomic mass is 16.3. The molecular formula is C19H32O. The van der Waals surface area contributed by atoms with E-state index in [2.05, 4.69) is 33.8 Å². The Morgan fingerprint density at radius 1 is 1.20 bits per heavy atom. The van der Waals surface area contributed by atoms with Crippen LogP contribution in [0.3, 0.4) is 0 Å². The molecule has 0 aromatic heterocycles. The molecule has 1 N–H and O–H groups in total. The number of fused-ring (bicyclic) bond motifs is 3. The summed E-state index contributed by atoms with van der Waals surface area (Å²) in [5, 5.41) is 10.8. The average molecular weight is 276 g/mol. The molecule has 0 aromatic rings. The van der Waals surface area contributed by atoms with Crippen molar-refractivity contribution in [2.45, 2.75) is 78.2 Å². The molecule has 3 aliphatic rings. The van der Waals surface area contributed by atoms with Gasteiger partial charge in [0.2, 0.25) is 0 Å². The van der Waals surface area contributed by atoms with Gasteiger partial charge in [-0.3, -0.25) is 0 Å². The summed E-state index contributed by atoms with van der Waals surface area (Å²) in [6.45, 7) is 9.33. The van der Waals surface area contributed by atoms with E-state index >= 15 is 0 Å². The number of rotatable bonds is 1. The van der Waals surface area contributed by atoms with Gasteiger partial charge in [0, 0.05) is 0 Å². The van der Waals surface area contributed by atoms with Gasteiger partial charge >= 0.3 is 0 Å². The standard InChI is InChI=1S/C19H32O/c1-13(2)14-6-8-16-15(12-14)7-9-17-18(16,3)10-5-11-19(17,4)20/h7,13-14,16-17,20H,5-6,8-12H2,1-4H3. The predicted octanol–water partition coefficient (Wildman–Crippen LogP) is 4.95. The maximum atomic E-state index is 10.8. The second-order valence-electron chi connectivity index (χ2n) is 8.62. The van der Waals surface area contributed by atoms with Crippen LogP contribution in [0.5, 0.6) is 0 Å². The number of allylic oxidation sites excluding steroid dienone is 2. The zero-order chi connectivity index (χ0) is 14.5. The van der Waals surface area contributed by atoms with Gasteiger partial charge < -0.3 is 5.11 Å². The van der Waals surface area contributed by atoms with E-state index < -0.39 is 5.60 Å². The summed E-state index contributed by atoms with van der Waals surface area (Å²) < 4.78 is 0. The Balaban J connectivity index is 1.88. The summed E-state index contributed by atoms with van der Waals surface area (Å²) in [5.41, 5.74) is 1.66. The second kappa shape index (κ2) is 4.87. The molecule has 114 valence electrons. The molecule has 3 rings (SSSR count). The van der Waals surface area contributed by atoms with Crippen molar-refractivity contribution in [3.8, 4) is 0 Å². The van der Waals surface area contributed by atoms with Gasteiger partial charge in [-0.05, 0) is 74.5 Å². The lowest BCUT2D eigenvalue weighted by Gasteiger charge is -2.57. The lowest BCUT2D eigenvalue weighted by molar-refractivity contribution is -0.119. The summed E-state index contributed by atoms with van der Waals surface area (Å²) in [5.74, 6) is 2.94. The topological polar surface area (TPSA) is 20.2 Å². The molecule has 0 radical (unpaired) electrons. The minimum absolute atomic E-state index is 0.355. The van der Waals surface area contributed by atoms with Crippen LogP contribution in [0.2, 0.25) is 0 Å². The van der Waals surface area contributed by atoms with Crippen molar-refractivity contribution in [2.75, 3.05) is 0 Å². The first-order valence-electron chi connectivity index (χ1n) is 8.76. The molecule has 0 aromatic carbocycles. The third-order valence-corrected chi connectivity index (χ3v) is 7.07. The third-order valence-electron chi connectivity index (χ3n) is 7.07. The molecule has 1 nitrogen and oxygen atoms in total. The van der Waals surface area contributed by atoms with Crippen LogP contribution >= 0.6 is 0 Å². The lowest BCUT2D eigenvalue weighted by Crippen LogP contribution is -2.53. The fraction of sp³-hybridized carbons (Fsp3) is 0.895. The van der Waals surface area contributed by atoms with Gasteiger partial charge in [0.25, 0.3) is 0 Å². The van der Waals surface area contributed by atoms with Crippen molar-refractivity contribution in [2.24, 2.45) is 29.1 Å². The maximum absolute atomic E-state index is 10.8. The summed E-state index contributed by atoms with van der Waals surface area (Å²) >= 11 is 0. The quantitative estimate of drug-likeness (QED) is 0.672. The predicted molar refractivity (Wildman–Crippen MR) is 84.4 cm³/mol. The van der Waals surface area contributed by atoms with E-state index in [1.54, 1.807) is 5.57 Å². The maximum Gasteiger partial charge on any atom is 0.0656 e. The van der Waals surface area contributed by atoms with Gasteiger partial charge in [0.1, 0.15) is 0 Å². The van der Waals surface area contributed by atoms with E-state index in [-0.39, 0.29) is 0 Å². The number of hydrogen-bond acceptors (Lipinski definition) is 1. The Hall–Kier alpha value is -0.300. The van der Waals surface area contributed by atoms with Gasteiger partial charge in [-0.15, -0.1) is 0 Å². The van der Waals surface area contributed by atoms with Crippen LogP contribution in [0.15, 0.2) is 11.6 Å². The fourth-order valence-corrected chi connectivity index (χ4v) is 5.76. The molecule has 0 bridgehead atoms. The largest absolute Gasteiger partial charge is 0.390 e. The van der Waals surface area contributed by atoms with E-state index in [1.165, 1.54) is 32.1 Å². The van der Waals surface area contributed by atoms with Crippen LogP contribution in [0.4, 0.5) is 0 Å². The summed E-state index contributed by atoms with van der Waals surface area (Å²) in [6.07, 6.45) is 11.2. The van der Waals surface area contributed by atoms with Crippen molar-refractivity contribution in [3.63, 3.8) is 0 Å². The van der Waals surface area contributed by atoms with Gasteiger partial charge in [-0.25, -0.2) is 0 Å². The molecule has 2 saturated carbocycles. The van der Waals surface area contributed by atoms with Crippen LogP contribution < -0.4 is 0 Å². The van der Waals surface area contributed by atoms with Crippen LogP contribution in [-0.4, -0.2) is 10.7 Å². The first-order chi connectivity index (χ1) is 9.34. The zero-order valence-electron chi connectivity index (χ0n) is 13.8. The molecule has 0 aliphatic heterocycles. The third kappa shape index (κ3) is 2.17. The molecule has 1 heteroatoms. The van der Waals surface area contributed by atoms with Crippen LogP contribution in [0.1, 0.15) is 72.6 Å². The zero-order valence-corrected chi connectivity index (χ0v) is 13.8. The first-order valence-corrected chi connectivity index (χ1v) is 8.76. The smallest absolute Gasteiger partial charge is 0.0656 e. The van der Waals surface area contributed by atoms with Gasteiger partial charge in [0.15, 0.2) is 0 Å². The van der Waals surface area contributed by atoms with E-state index in [9.17, 15) is 5.11 Å². The van der Waals surface area contributed by atoms with Crippen molar-refractivity contribution in [1.29, 1.82) is 0 Å². The van der Waals surface area contributed by atoms with Gasteiger partial charge in [-0.2, -0.15) is 0 Å². The SMILES string of the molecule is CC(C)C1CCC2C(=CCC3C(C)(O)CCCC23C)C1.